The Kier molecular flexibility index (Phi) is 13.7. The van der Waals surface area contributed by atoms with Gasteiger partial charge in [-0.1, -0.05) is 117 Å². The van der Waals surface area contributed by atoms with E-state index in [2.05, 4.69) is 0 Å². The molecular formula is C59H57NO15. The highest BCUT2D eigenvalue weighted by Crippen LogP contribution is 2.64. The van der Waals surface area contributed by atoms with Gasteiger partial charge in [0.2, 0.25) is 12.0 Å². The minimum Gasteiger partial charge on any atom is -0.482 e. The number of nitrogens with zero attached hydrogens (tertiary/aromatic N) is 1. The van der Waals surface area contributed by atoms with Gasteiger partial charge in [-0.25, -0.2) is 24.2 Å². The first kappa shape index (κ1) is 50.9. The van der Waals surface area contributed by atoms with Crippen molar-refractivity contribution in [3.05, 3.63) is 179 Å². The van der Waals surface area contributed by atoms with E-state index in [0.717, 1.165) is 0 Å². The molecule has 0 amide bonds. The largest absolute Gasteiger partial charge is 0.482 e. The number of benzene rings is 5. The maximum atomic E-state index is 16.4. The number of esters is 4. The zero-order chi connectivity index (χ0) is 52.7. The smallest absolute Gasteiger partial charge is 0.350 e. The molecule has 5 aromatic rings. The van der Waals surface area contributed by atoms with Crippen LogP contribution in [0.1, 0.15) is 68.1 Å². The fourth-order valence-electron chi connectivity index (χ4n) is 11.7. The molecule has 1 saturated heterocycles. The lowest BCUT2D eigenvalue weighted by Gasteiger charge is -2.67. The van der Waals surface area contributed by atoms with E-state index in [0.29, 0.717) is 22.6 Å². The standard InChI is InChI=1S/C59H57NO15/c1-35-41(71-55(65)49-47(36-20-10-5-11-21-36)60-53(74-49)37-22-12-6-13-23-37)31-59(67)52(75-54(64)38-24-14-7-15-25-38)50-57(4,42(30-43-58(50,66)34-70-43)72-44(61)32-68-39-26-16-8-17-27-39)51(63)48(46(35)56(59,2)3)73-45(62)33-69-40-28-18-9-19-29-40/h5-29,41-43,47-50,52,66-67H,30-34H2,1-4H3. The molecule has 3 fully saturated rings. The van der Waals surface area contributed by atoms with E-state index in [9.17, 15) is 29.4 Å². The number of Topliss-reactive ketones (excluding diaryl/α,β-unsaturated/α-hetero) is 1. The molecule has 16 heteroatoms. The number of carbonyl (C=O) groups is 5. The third-order valence-corrected chi connectivity index (χ3v) is 15.7. The van der Waals surface area contributed by atoms with Gasteiger partial charge in [-0.2, -0.15) is 0 Å². The number of ether oxygens (including phenoxy) is 8. The van der Waals surface area contributed by atoms with Gasteiger partial charge < -0.3 is 48.1 Å². The van der Waals surface area contributed by atoms with Crippen molar-refractivity contribution < 1.29 is 72.1 Å². The van der Waals surface area contributed by atoms with Gasteiger partial charge in [-0.05, 0) is 79.1 Å². The molecule has 10 rings (SSSR count). The molecule has 5 aliphatic rings. The molecule has 11 atom stereocenters. The normalized spacial score (nSPS) is 30.3. The van der Waals surface area contributed by atoms with E-state index in [-0.39, 0.29) is 29.0 Å². The summed E-state index contributed by atoms with van der Waals surface area (Å²) in [4.78, 5) is 79.2. The Morgan fingerprint density at radius 3 is 1.81 bits per heavy atom. The minimum absolute atomic E-state index is 0.0113. The van der Waals surface area contributed by atoms with Crippen LogP contribution in [0.3, 0.4) is 0 Å². The van der Waals surface area contributed by atoms with Crippen LogP contribution in [-0.4, -0.2) is 113 Å². The first-order valence-corrected chi connectivity index (χ1v) is 24.9. The summed E-state index contributed by atoms with van der Waals surface area (Å²) in [7, 11) is 0. The summed E-state index contributed by atoms with van der Waals surface area (Å²) in [6.45, 7) is 4.62. The average molecular weight is 1020 g/mol. The monoisotopic (exact) mass is 1020 g/mol. The molecule has 2 N–H and O–H groups in total. The molecule has 5 aromatic carbocycles. The molecule has 0 spiro atoms. The molecule has 2 heterocycles. The second-order valence-electron chi connectivity index (χ2n) is 20.4. The number of aliphatic hydroxyl groups is 2. The lowest BCUT2D eigenvalue weighted by Crippen LogP contribution is -2.81. The predicted octanol–water partition coefficient (Wildman–Crippen LogP) is 6.91. The van der Waals surface area contributed by atoms with Crippen LogP contribution >= 0.6 is 0 Å². The number of hydrogen-bond acceptors (Lipinski definition) is 16. The lowest BCUT2D eigenvalue weighted by molar-refractivity contribution is -0.344. The van der Waals surface area contributed by atoms with E-state index in [1.165, 1.54) is 19.1 Å². The van der Waals surface area contributed by atoms with Crippen LogP contribution in [0.4, 0.5) is 0 Å². The third kappa shape index (κ3) is 9.25. The van der Waals surface area contributed by atoms with Crippen molar-refractivity contribution in [1.82, 2.24) is 0 Å². The molecule has 2 bridgehead atoms. The topological polar surface area (TPSA) is 212 Å². The Labute approximate surface area is 433 Å². The predicted molar refractivity (Wildman–Crippen MR) is 268 cm³/mol. The van der Waals surface area contributed by atoms with Gasteiger partial charge in [0.1, 0.15) is 47.1 Å². The summed E-state index contributed by atoms with van der Waals surface area (Å²) >= 11 is 0. The van der Waals surface area contributed by atoms with Crippen molar-refractivity contribution in [2.24, 2.45) is 21.7 Å². The van der Waals surface area contributed by atoms with Crippen LogP contribution in [-0.2, 0) is 47.6 Å². The lowest BCUT2D eigenvalue weighted by atomic mass is 9.44. The number of para-hydroxylation sites is 2. The Bertz CT molecular complexity index is 3010. The quantitative estimate of drug-likeness (QED) is 0.0658. The molecule has 0 radical (unpaired) electrons. The molecular weight excluding hydrogens is 963 g/mol. The number of aliphatic imine (C=N–C) groups is 1. The Hall–Kier alpha value is -7.66. The fraction of sp³-hybridized carbons (Fsp3) is 0.356. The summed E-state index contributed by atoms with van der Waals surface area (Å²) in [5, 5.41) is 27.2. The number of rotatable bonds is 14. The highest BCUT2D eigenvalue weighted by molar-refractivity contribution is 5.98. The van der Waals surface area contributed by atoms with Gasteiger partial charge in [0.05, 0.1) is 23.7 Å². The zero-order valence-corrected chi connectivity index (χ0v) is 41.7. The van der Waals surface area contributed by atoms with Crippen LogP contribution in [0.5, 0.6) is 11.5 Å². The van der Waals surface area contributed by atoms with Crippen molar-refractivity contribution in [3.63, 3.8) is 0 Å². The van der Waals surface area contributed by atoms with E-state index in [1.54, 1.807) is 112 Å². The first-order chi connectivity index (χ1) is 36.0. The van der Waals surface area contributed by atoms with Gasteiger partial charge in [-0.15, -0.1) is 0 Å². The van der Waals surface area contributed by atoms with Crippen LogP contribution in [0.15, 0.2) is 168 Å². The maximum absolute atomic E-state index is 16.4. The molecule has 75 heavy (non-hydrogen) atoms. The SMILES string of the molecule is CC1=C2C(OC(=O)COc3ccccc3)C(=O)C3(C)C(OC(=O)COc4ccccc4)CC4OCC4(O)C3C(OC(=O)c3ccccc3)C(O)(CC1OC(=O)C1OC(c3ccccc3)=NC1c1ccccc1)C2(C)C. The van der Waals surface area contributed by atoms with Crippen molar-refractivity contribution in [3.8, 4) is 11.5 Å². The Morgan fingerprint density at radius 2 is 1.24 bits per heavy atom. The second kappa shape index (κ2) is 20.2. The summed E-state index contributed by atoms with van der Waals surface area (Å²) in [6.07, 6.45) is -9.86. The molecule has 2 saturated carbocycles. The van der Waals surface area contributed by atoms with Gasteiger partial charge in [-0.3, -0.25) is 4.79 Å². The zero-order valence-electron chi connectivity index (χ0n) is 41.7. The molecule has 388 valence electrons. The first-order valence-electron chi connectivity index (χ1n) is 24.9. The van der Waals surface area contributed by atoms with Crippen molar-refractivity contribution in [2.75, 3.05) is 19.8 Å². The highest BCUT2D eigenvalue weighted by atomic mass is 16.6. The third-order valence-electron chi connectivity index (χ3n) is 15.7. The molecule has 11 unspecified atom stereocenters. The fourth-order valence-corrected chi connectivity index (χ4v) is 11.7. The van der Waals surface area contributed by atoms with Crippen LogP contribution < -0.4 is 9.47 Å². The van der Waals surface area contributed by atoms with Crippen molar-refractivity contribution >= 4 is 35.6 Å². The number of fused-ring (bicyclic) bond motifs is 5. The maximum Gasteiger partial charge on any atom is 0.350 e. The van der Waals surface area contributed by atoms with Gasteiger partial charge >= 0.3 is 23.9 Å². The summed E-state index contributed by atoms with van der Waals surface area (Å²) in [6, 6.07) is 42.2. The van der Waals surface area contributed by atoms with E-state index in [4.69, 9.17) is 42.9 Å². The molecule has 3 aliphatic carbocycles. The van der Waals surface area contributed by atoms with Gasteiger partial charge in [0.25, 0.3) is 0 Å². The van der Waals surface area contributed by atoms with Crippen LogP contribution in [0, 0.1) is 16.7 Å². The van der Waals surface area contributed by atoms with Crippen LogP contribution in [0.2, 0.25) is 0 Å². The second-order valence-corrected chi connectivity index (χ2v) is 20.4. The average Bonchev–Trinajstić information content (AvgIpc) is 3.88. The van der Waals surface area contributed by atoms with Gasteiger partial charge in [0.15, 0.2) is 25.1 Å². The Morgan fingerprint density at radius 1 is 0.693 bits per heavy atom. The van der Waals surface area contributed by atoms with Crippen molar-refractivity contribution in [1.29, 1.82) is 0 Å². The van der Waals surface area contributed by atoms with E-state index in [1.807, 2.05) is 48.5 Å². The number of hydrogen-bond donors (Lipinski definition) is 2. The van der Waals surface area contributed by atoms with E-state index < -0.39 is 127 Å². The number of ketones is 1. The van der Waals surface area contributed by atoms with Crippen molar-refractivity contribution in [2.45, 2.75) is 94.4 Å². The molecule has 16 nitrogen and oxygen atoms in total. The van der Waals surface area contributed by atoms with Gasteiger partial charge in [0, 0.05) is 29.7 Å². The Balaban J connectivity index is 1.11. The minimum atomic E-state index is -2.41. The summed E-state index contributed by atoms with van der Waals surface area (Å²) < 4.78 is 49.5. The highest BCUT2D eigenvalue weighted by Gasteiger charge is 2.77. The molecule has 2 aliphatic heterocycles. The van der Waals surface area contributed by atoms with E-state index >= 15 is 4.79 Å². The number of carbonyl (C=O) groups excluding carboxylic acids is 5. The summed E-state index contributed by atoms with van der Waals surface area (Å²) in [5.74, 6) is -5.32. The molecule has 0 aromatic heterocycles. The van der Waals surface area contributed by atoms with Crippen LogP contribution in [0.25, 0.3) is 0 Å². The summed E-state index contributed by atoms with van der Waals surface area (Å²) in [5.41, 5.74) is -6.72.